The third-order valence-electron chi connectivity index (χ3n) is 2.74. The predicted octanol–water partition coefficient (Wildman–Crippen LogP) is 2.60. The van der Waals surface area contributed by atoms with Gasteiger partial charge in [-0.1, -0.05) is 6.07 Å². The minimum atomic E-state index is -0.519. The number of nitriles is 1. The van der Waals surface area contributed by atoms with E-state index in [1.165, 1.54) is 6.07 Å². The van der Waals surface area contributed by atoms with Gasteiger partial charge in [-0.2, -0.15) is 5.26 Å². The number of aromatic nitrogens is 2. The summed E-state index contributed by atoms with van der Waals surface area (Å²) in [7, 11) is 1.89. The molecule has 92 valence electrons. The molecule has 1 atom stereocenters. The molecular formula is C13H13FN4. The summed E-state index contributed by atoms with van der Waals surface area (Å²) >= 11 is 0. The Morgan fingerprint density at radius 3 is 2.89 bits per heavy atom. The molecule has 0 saturated carbocycles. The van der Waals surface area contributed by atoms with Crippen LogP contribution in [0.4, 0.5) is 10.1 Å². The molecule has 18 heavy (non-hydrogen) atoms. The minimum Gasteiger partial charge on any atom is -0.374 e. The van der Waals surface area contributed by atoms with Crippen LogP contribution in [0.1, 0.15) is 24.4 Å². The molecule has 0 spiro atoms. The van der Waals surface area contributed by atoms with Crippen molar-refractivity contribution in [2.24, 2.45) is 7.05 Å². The molecule has 1 aromatic carbocycles. The van der Waals surface area contributed by atoms with Crippen molar-refractivity contribution >= 4 is 5.69 Å². The van der Waals surface area contributed by atoms with E-state index in [2.05, 4.69) is 10.3 Å². The Kier molecular flexibility index (Phi) is 3.28. The van der Waals surface area contributed by atoms with Gasteiger partial charge in [0, 0.05) is 19.4 Å². The number of hydrogen-bond acceptors (Lipinski definition) is 3. The Morgan fingerprint density at radius 2 is 2.28 bits per heavy atom. The minimum absolute atomic E-state index is 0.0264. The number of benzene rings is 1. The lowest BCUT2D eigenvalue weighted by molar-refractivity contribution is 0.623. The third kappa shape index (κ3) is 2.18. The SMILES string of the molecule is CC(Nc1cccc(F)c1C#N)c1nccn1C. The molecule has 5 heteroatoms. The molecule has 4 nitrogen and oxygen atoms in total. The Balaban J connectivity index is 2.28. The lowest BCUT2D eigenvalue weighted by Crippen LogP contribution is -2.13. The van der Waals surface area contributed by atoms with Crippen LogP contribution >= 0.6 is 0 Å². The lowest BCUT2D eigenvalue weighted by atomic mass is 10.1. The highest BCUT2D eigenvalue weighted by Gasteiger charge is 2.13. The van der Waals surface area contributed by atoms with Crippen molar-refractivity contribution in [3.8, 4) is 6.07 Å². The van der Waals surface area contributed by atoms with Crippen molar-refractivity contribution in [1.29, 1.82) is 5.26 Å². The van der Waals surface area contributed by atoms with Gasteiger partial charge < -0.3 is 9.88 Å². The number of imidazole rings is 1. The van der Waals surface area contributed by atoms with E-state index in [-0.39, 0.29) is 11.6 Å². The zero-order valence-electron chi connectivity index (χ0n) is 10.2. The number of aryl methyl sites for hydroxylation is 1. The van der Waals surface area contributed by atoms with Gasteiger partial charge in [-0.3, -0.25) is 0 Å². The van der Waals surface area contributed by atoms with Crippen LogP contribution in [0.5, 0.6) is 0 Å². The van der Waals surface area contributed by atoms with Gasteiger partial charge in [-0.05, 0) is 19.1 Å². The van der Waals surface area contributed by atoms with Crippen LogP contribution in [0.15, 0.2) is 30.6 Å². The molecule has 0 amide bonds. The van der Waals surface area contributed by atoms with Crippen LogP contribution in [-0.4, -0.2) is 9.55 Å². The van der Waals surface area contributed by atoms with Crippen LogP contribution < -0.4 is 5.32 Å². The highest BCUT2D eigenvalue weighted by molar-refractivity contribution is 5.58. The van der Waals surface area contributed by atoms with Gasteiger partial charge in [-0.25, -0.2) is 9.37 Å². The summed E-state index contributed by atoms with van der Waals surface area (Å²) in [6.45, 7) is 1.91. The zero-order chi connectivity index (χ0) is 13.1. The fourth-order valence-corrected chi connectivity index (χ4v) is 1.85. The third-order valence-corrected chi connectivity index (χ3v) is 2.74. The summed E-state index contributed by atoms with van der Waals surface area (Å²) in [5.74, 6) is 0.303. The molecule has 0 fully saturated rings. The molecule has 0 radical (unpaired) electrons. The Hall–Kier alpha value is -2.35. The van der Waals surface area contributed by atoms with Crippen LogP contribution in [0, 0.1) is 17.1 Å². The van der Waals surface area contributed by atoms with Crippen LogP contribution in [0.25, 0.3) is 0 Å². The lowest BCUT2D eigenvalue weighted by Gasteiger charge is -2.16. The van der Waals surface area contributed by atoms with Crippen molar-refractivity contribution in [2.45, 2.75) is 13.0 Å². The van der Waals surface area contributed by atoms with Crippen LogP contribution in [-0.2, 0) is 7.05 Å². The van der Waals surface area contributed by atoms with Gasteiger partial charge in [-0.15, -0.1) is 0 Å². The van der Waals surface area contributed by atoms with Gasteiger partial charge in [0.2, 0.25) is 0 Å². The van der Waals surface area contributed by atoms with Gasteiger partial charge in [0.25, 0.3) is 0 Å². The highest BCUT2D eigenvalue weighted by Crippen LogP contribution is 2.22. The monoisotopic (exact) mass is 244 g/mol. The fraction of sp³-hybridized carbons (Fsp3) is 0.231. The molecule has 0 aliphatic carbocycles. The Labute approximate surface area is 105 Å². The van der Waals surface area contributed by atoms with Crippen molar-refractivity contribution in [1.82, 2.24) is 9.55 Å². The smallest absolute Gasteiger partial charge is 0.143 e. The molecular weight excluding hydrogens is 231 g/mol. The summed E-state index contributed by atoms with van der Waals surface area (Å²) in [4.78, 5) is 4.21. The molecule has 1 unspecified atom stereocenters. The van der Waals surface area contributed by atoms with E-state index in [0.29, 0.717) is 5.69 Å². The maximum absolute atomic E-state index is 13.4. The summed E-state index contributed by atoms with van der Waals surface area (Å²) in [6, 6.07) is 6.28. The van der Waals surface area contributed by atoms with Crippen LogP contribution in [0.2, 0.25) is 0 Å². The fourth-order valence-electron chi connectivity index (χ4n) is 1.85. The summed E-state index contributed by atoms with van der Waals surface area (Å²) in [5.41, 5.74) is 0.506. The number of anilines is 1. The maximum Gasteiger partial charge on any atom is 0.143 e. The van der Waals surface area contributed by atoms with E-state index in [1.807, 2.05) is 30.8 Å². The largest absolute Gasteiger partial charge is 0.374 e. The van der Waals surface area contributed by atoms with E-state index in [9.17, 15) is 4.39 Å². The molecule has 0 bridgehead atoms. The first kappa shape index (κ1) is 12.1. The topological polar surface area (TPSA) is 53.6 Å². The first-order valence-electron chi connectivity index (χ1n) is 5.56. The van der Waals surface area contributed by atoms with Gasteiger partial charge in [0.15, 0.2) is 0 Å². The Morgan fingerprint density at radius 1 is 1.50 bits per heavy atom. The summed E-state index contributed by atoms with van der Waals surface area (Å²) in [5, 5.41) is 12.0. The van der Waals surface area contributed by atoms with E-state index < -0.39 is 5.82 Å². The molecule has 2 rings (SSSR count). The molecule has 1 aromatic heterocycles. The van der Waals surface area contributed by atoms with Crippen molar-refractivity contribution in [3.63, 3.8) is 0 Å². The van der Waals surface area contributed by atoms with Crippen molar-refractivity contribution in [2.75, 3.05) is 5.32 Å². The number of nitrogens with zero attached hydrogens (tertiary/aromatic N) is 3. The standard InChI is InChI=1S/C13H13FN4/c1-9(13-16-6-7-18(13)2)17-12-5-3-4-11(14)10(12)8-15/h3-7,9,17H,1-2H3. The van der Waals surface area contributed by atoms with E-state index in [4.69, 9.17) is 5.26 Å². The van der Waals surface area contributed by atoms with Gasteiger partial charge in [0.05, 0.1) is 11.7 Å². The van der Waals surface area contributed by atoms with Crippen molar-refractivity contribution in [3.05, 3.63) is 47.8 Å². The number of nitrogens with one attached hydrogen (secondary N) is 1. The number of hydrogen-bond donors (Lipinski definition) is 1. The zero-order valence-corrected chi connectivity index (χ0v) is 10.2. The second-order valence-corrected chi connectivity index (χ2v) is 4.04. The molecule has 1 heterocycles. The predicted molar refractivity (Wildman–Crippen MR) is 66.4 cm³/mol. The quantitative estimate of drug-likeness (QED) is 0.902. The van der Waals surface area contributed by atoms with Crippen LogP contribution in [0.3, 0.4) is 0 Å². The maximum atomic E-state index is 13.4. The molecule has 0 aliphatic rings. The average molecular weight is 244 g/mol. The second kappa shape index (κ2) is 4.88. The molecule has 2 aromatic rings. The second-order valence-electron chi connectivity index (χ2n) is 4.04. The average Bonchev–Trinajstić information content (AvgIpc) is 2.76. The molecule has 1 N–H and O–H groups in total. The first-order chi connectivity index (χ1) is 8.63. The van der Waals surface area contributed by atoms with Gasteiger partial charge in [0.1, 0.15) is 23.3 Å². The molecule has 0 saturated heterocycles. The Bertz CT molecular complexity index is 597. The highest BCUT2D eigenvalue weighted by atomic mass is 19.1. The summed E-state index contributed by atoms with van der Waals surface area (Å²) in [6.07, 6.45) is 3.54. The normalized spacial score (nSPS) is 11.9. The molecule has 0 aliphatic heterocycles. The van der Waals surface area contributed by atoms with Gasteiger partial charge >= 0.3 is 0 Å². The van der Waals surface area contributed by atoms with Crippen molar-refractivity contribution < 1.29 is 4.39 Å². The van der Waals surface area contributed by atoms with E-state index in [0.717, 1.165) is 5.82 Å². The van der Waals surface area contributed by atoms with E-state index >= 15 is 0 Å². The van der Waals surface area contributed by atoms with E-state index in [1.54, 1.807) is 18.3 Å². The first-order valence-corrected chi connectivity index (χ1v) is 5.56. The summed E-state index contributed by atoms with van der Waals surface area (Å²) < 4.78 is 15.3. The number of rotatable bonds is 3. The number of halogens is 1.